The van der Waals surface area contributed by atoms with Crippen LogP contribution in [0.25, 0.3) is 0 Å². The number of anilines is 1. The van der Waals surface area contributed by atoms with E-state index in [-0.39, 0.29) is 11.6 Å². The maximum Gasteiger partial charge on any atom is 0.215 e. The normalized spacial score (nSPS) is 11.4. The average molecular weight is 338 g/mol. The smallest absolute Gasteiger partial charge is 0.215 e. The Morgan fingerprint density at radius 3 is 2.39 bits per heavy atom. The number of hydrogen-bond donors (Lipinski definition) is 2. The molecule has 0 aliphatic carbocycles. The van der Waals surface area contributed by atoms with Crippen LogP contribution >= 0.6 is 0 Å². The first-order chi connectivity index (χ1) is 10.9. The number of benzene rings is 1. The van der Waals surface area contributed by atoms with Crippen LogP contribution in [0.2, 0.25) is 0 Å². The first-order valence-electron chi connectivity index (χ1n) is 7.17. The highest BCUT2D eigenvalue weighted by Crippen LogP contribution is 2.15. The lowest BCUT2D eigenvalue weighted by atomic mass is 10.1. The molecule has 0 saturated heterocycles. The maximum absolute atomic E-state index is 14.0. The summed E-state index contributed by atoms with van der Waals surface area (Å²) in [6, 6.07) is 7.07. The van der Waals surface area contributed by atoms with Gasteiger partial charge in [-0.25, -0.2) is 27.5 Å². The van der Waals surface area contributed by atoms with Gasteiger partial charge in [-0.3, -0.25) is 0 Å². The molecule has 1 aromatic carbocycles. The Kier molecular flexibility index (Phi) is 5.62. The summed E-state index contributed by atoms with van der Waals surface area (Å²) < 4.78 is 39.2. The van der Waals surface area contributed by atoms with Gasteiger partial charge in [0, 0.05) is 6.54 Å². The third-order valence-electron chi connectivity index (χ3n) is 3.35. The third kappa shape index (κ3) is 4.70. The molecule has 0 aliphatic heterocycles. The van der Waals surface area contributed by atoms with E-state index < -0.39 is 15.8 Å². The fourth-order valence-electron chi connectivity index (χ4n) is 2.01. The molecule has 1 aromatic heterocycles. The molecule has 23 heavy (non-hydrogen) atoms. The van der Waals surface area contributed by atoms with Crippen molar-refractivity contribution >= 4 is 15.8 Å². The molecule has 0 unspecified atom stereocenters. The Morgan fingerprint density at radius 1 is 1.13 bits per heavy atom. The summed E-state index contributed by atoms with van der Waals surface area (Å²) >= 11 is 0. The predicted octanol–water partition coefficient (Wildman–Crippen LogP) is 1.84. The summed E-state index contributed by atoms with van der Waals surface area (Å²) in [5, 5.41) is 2.93. The summed E-state index contributed by atoms with van der Waals surface area (Å²) in [4.78, 5) is 7.77. The van der Waals surface area contributed by atoms with Crippen molar-refractivity contribution in [3.63, 3.8) is 0 Å². The molecule has 0 saturated carbocycles. The number of nitrogens with zero attached hydrogens (tertiary/aromatic N) is 2. The molecule has 0 amide bonds. The summed E-state index contributed by atoms with van der Waals surface area (Å²) in [5.74, 6) is -0.345. The van der Waals surface area contributed by atoms with E-state index in [0.717, 1.165) is 5.56 Å². The van der Waals surface area contributed by atoms with Gasteiger partial charge < -0.3 is 5.32 Å². The van der Waals surface area contributed by atoms with Crippen molar-refractivity contribution in [2.24, 2.45) is 0 Å². The number of sulfonamides is 1. The summed E-state index contributed by atoms with van der Waals surface area (Å²) in [6.07, 6.45) is 1.83. The molecule has 1 heterocycles. The van der Waals surface area contributed by atoms with Crippen LogP contribution in [0.15, 0.2) is 30.6 Å². The molecule has 2 rings (SSSR count). The van der Waals surface area contributed by atoms with Gasteiger partial charge in [0.2, 0.25) is 10.0 Å². The number of aryl methyl sites for hydroxylation is 1. The lowest BCUT2D eigenvalue weighted by Crippen LogP contribution is -2.20. The fraction of sp³-hybridized carbons (Fsp3) is 0.333. The van der Waals surface area contributed by atoms with E-state index in [0.29, 0.717) is 24.2 Å². The predicted molar refractivity (Wildman–Crippen MR) is 86.8 cm³/mol. The van der Waals surface area contributed by atoms with Gasteiger partial charge in [-0.2, -0.15) is 0 Å². The van der Waals surface area contributed by atoms with Crippen molar-refractivity contribution in [3.05, 3.63) is 53.2 Å². The van der Waals surface area contributed by atoms with Crippen LogP contribution in [0.5, 0.6) is 0 Å². The van der Waals surface area contributed by atoms with Gasteiger partial charge in [0.1, 0.15) is 6.33 Å². The molecule has 0 fully saturated rings. The van der Waals surface area contributed by atoms with Crippen molar-refractivity contribution in [3.8, 4) is 0 Å². The maximum atomic E-state index is 14.0. The topological polar surface area (TPSA) is 84.0 Å². The largest absolute Gasteiger partial charge is 0.363 e. The van der Waals surface area contributed by atoms with Crippen LogP contribution in [0.1, 0.15) is 23.7 Å². The minimum atomic E-state index is -3.29. The minimum absolute atomic E-state index is 0.0718. The summed E-state index contributed by atoms with van der Waals surface area (Å²) in [7, 11) is -1.90. The molecule has 2 aromatic rings. The third-order valence-corrected chi connectivity index (χ3v) is 4.68. The number of nitrogens with one attached hydrogen (secondary N) is 2. The van der Waals surface area contributed by atoms with Crippen LogP contribution in [0, 0.1) is 5.82 Å². The second kappa shape index (κ2) is 7.47. The van der Waals surface area contributed by atoms with E-state index in [1.807, 2.05) is 6.92 Å². The number of aromatic nitrogens is 2. The number of rotatable bonds is 7. The van der Waals surface area contributed by atoms with Crippen LogP contribution in [-0.4, -0.2) is 25.4 Å². The van der Waals surface area contributed by atoms with Crippen molar-refractivity contribution in [1.82, 2.24) is 14.7 Å². The van der Waals surface area contributed by atoms with Gasteiger partial charge in [-0.15, -0.1) is 0 Å². The Morgan fingerprint density at radius 2 is 1.78 bits per heavy atom. The zero-order valence-electron chi connectivity index (χ0n) is 13.0. The first kappa shape index (κ1) is 17.3. The standard InChI is InChI=1S/C15H19FN4O2S/c1-3-13-14(16)15(20-10-19-13)18-8-11-4-6-12(7-5-11)9-23(21,22)17-2/h4-7,10,17H,3,8-9H2,1-2H3,(H,18,19,20). The Hall–Kier alpha value is -2.06. The molecule has 8 heteroatoms. The monoisotopic (exact) mass is 338 g/mol. The fourth-order valence-corrected chi connectivity index (χ4v) is 2.78. The highest BCUT2D eigenvalue weighted by molar-refractivity contribution is 7.88. The van der Waals surface area contributed by atoms with E-state index in [1.54, 1.807) is 24.3 Å². The van der Waals surface area contributed by atoms with E-state index in [4.69, 9.17) is 0 Å². The molecule has 0 atom stereocenters. The molecule has 6 nitrogen and oxygen atoms in total. The van der Waals surface area contributed by atoms with Crippen LogP contribution < -0.4 is 10.0 Å². The first-order valence-corrected chi connectivity index (χ1v) is 8.82. The molecule has 2 N–H and O–H groups in total. The molecular formula is C15H19FN4O2S. The molecule has 0 bridgehead atoms. The second-order valence-corrected chi connectivity index (χ2v) is 6.90. The zero-order valence-corrected chi connectivity index (χ0v) is 13.8. The quantitative estimate of drug-likeness (QED) is 0.805. The Balaban J connectivity index is 2.02. The van der Waals surface area contributed by atoms with Crippen molar-refractivity contribution in [2.75, 3.05) is 12.4 Å². The van der Waals surface area contributed by atoms with Gasteiger partial charge in [-0.1, -0.05) is 31.2 Å². The van der Waals surface area contributed by atoms with Crippen molar-refractivity contribution in [1.29, 1.82) is 0 Å². The van der Waals surface area contributed by atoms with Crippen LogP contribution in [0.4, 0.5) is 10.2 Å². The SMILES string of the molecule is CCc1ncnc(NCc2ccc(CS(=O)(=O)NC)cc2)c1F. The number of hydrogen-bond acceptors (Lipinski definition) is 5. The molecular weight excluding hydrogens is 319 g/mol. The van der Waals surface area contributed by atoms with E-state index in [9.17, 15) is 12.8 Å². The highest BCUT2D eigenvalue weighted by atomic mass is 32.2. The molecule has 0 radical (unpaired) electrons. The Labute approximate surface area is 135 Å². The van der Waals surface area contributed by atoms with E-state index in [2.05, 4.69) is 20.0 Å². The van der Waals surface area contributed by atoms with E-state index in [1.165, 1.54) is 13.4 Å². The van der Waals surface area contributed by atoms with Gasteiger partial charge in [0.15, 0.2) is 11.6 Å². The van der Waals surface area contributed by atoms with Crippen molar-refractivity contribution < 1.29 is 12.8 Å². The molecule has 0 aliphatic rings. The van der Waals surface area contributed by atoms with Gasteiger partial charge in [0.25, 0.3) is 0 Å². The second-order valence-electron chi connectivity index (χ2n) is 4.97. The van der Waals surface area contributed by atoms with Crippen LogP contribution in [0.3, 0.4) is 0 Å². The lowest BCUT2D eigenvalue weighted by Gasteiger charge is -2.09. The zero-order chi connectivity index (χ0) is 16.9. The Bertz CT molecular complexity index is 764. The average Bonchev–Trinajstić information content (AvgIpc) is 2.55. The van der Waals surface area contributed by atoms with Gasteiger partial charge >= 0.3 is 0 Å². The molecule has 124 valence electrons. The highest BCUT2D eigenvalue weighted by Gasteiger charge is 2.10. The summed E-state index contributed by atoms with van der Waals surface area (Å²) in [5.41, 5.74) is 1.95. The van der Waals surface area contributed by atoms with Crippen LogP contribution in [-0.2, 0) is 28.7 Å². The lowest BCUT2D eigenvalue weighted by molar-refractivity contribution is 0.587. The minimum Gasteiger partial charge on any atom is -0.363 e. The van der Waals surface area contributed by atoms with Gasteiger partial charge in [-0.05, 0) is 24.6 Å². The summed E-state index contributed by atoms with van der Waals surface area (Å²) in [6.45, 7) is 2.21. The number of halogens is 1. The van der Waals surface area contributed by atoms with E-state index >= 15 is 0 Å². The van der Waals surface area contributed by atoms with Crippen molar-refractivity contribution in [2.45, 2.75) is 25.6 Å². The molecule has 0 spiro atoms. The van der Waals surface area contributed by atoms with Gasteiger partial charge in [0.05, 0.1) is 11.4 Å².